The van der Waals surface area contributed by atoms with Crippen LogP contribution in [0.25, 0.3) is 22.3 Å². The smallest absolute Gasteiger partial charge is 0.236 e. The van der Waals surface area contributed by atoms with Crippen LogP contribution in [0.4, 0.5) is 0 Å². The normalized spacial score (nSPS) is 17.2. The molecule has 1 aliphatic rings. The zero-order valence-electron chi connectivity index (χ0n) is 17.7. The van der Waals surface area contributed by atoms with Crippen LogP contribution < -0.4 is 5.73 Å². The Bertz CT molecular complexity index is 1060. The summed E-state index contributed by atoms with van der Waals surface area (Å²) in [5, 5.41) is 0. The van der Waals surface area contributed by atoms with Gasteiger partial charge in [-0.05, 0) is 65.9 Å². The van der Waals surface area contributed by atoms with E-state index in [2.05, 4.69) is 41.1 Å². The van der Waals surface area contributed by atoms with Crippen LogP contribution >= 0.6 is 0 Å². The van der Waals surface area contributed by atoms with Crippen LogP contribution in [0.2, 0.25) is 0 Å². The van der Waals surface area contributed by atoms with Gasteiger partial charge in [0.15, 0.2) is 0 Å². The lowest BCUT2D eigenvalue weighted by atomic mass is 9.95. The summed E-state index contributed by atoms with van der Waals surface area (Å²) >= 11 is 0. The van der Waals surface area contributed by atoms with Gasteiger partial charge in [0.2, 0.25) is 5.91 Å². The Morgan fingerprint density at radius 1 is 0.903 bits per heavy atom. The van der Waals surface area contributed by atoms with Crippen molar-refractivity contribution in [2.24, 2.45) is 5.73 Å². The predicted octanol–water partition coefficient (Wildman–Crippen LogP) is 3.86. The number of nitrogens with two attached hydrogens (primary N) is 1. The molecule has 0 spiro atoms. The summed E-state index contributed by atoms with van der Waals surface area (Å²) in [6.07, 6.45) is 4.63. The van der Waals surface area contributed by atoms with E-state index < -0.39 is 21.5 Å². The molecule has 0 bridgehead atoms. The molecule has 3 aromatic rings. The van der Waals surface area contributed by atoms with E-state index in [4.69, 9.17) is 5.73 Å². The maximum absolute atomic E-state index is 13.4. The summed E-state index contributed by atoms with van der Waals surface area (Å²) in [4.78, 5) is 19.3. The average molecular weight is 434 g/mol. The molecule has 1 unspecified atom stereocenters. The average Bonchev–Trinajstić information content (AvgIpc) is 2.84. The van der Waals surface area contributed by atoms with Gasteiger partial charge < -0.3 is 10.6 Å². The Labute approximate surface area is 185 Å². The number of piperidine rings is 1. The molecular formula is C25H27N3O2S. The number of carbonyl (C=O) groups excluding carboxylic acids is 1. The van der Waals surface area contributed by atoms with Gasteiger partial charge in [-0.15, -0.1) is 0 Å². The number of rotatable bonds is 6. The van der Waals surface area contributed by atoms with Gasteiger partial charge in [0.05, 0.1) is 10.8 Å². The number of nitrogens with zero attached hydrogens (tertiary/aromatic N) is 2. The van der Waals surface area contributed by atoms with E-state index in [1.54, 1.807) is 12.4 Å². The Morgan fingerprint density at radius 2 is 1.35 bits per heavy atom. The molecule has 1 aromatic heterocycles. The number of hydrogen-bond acceptors (Lipinski definition) is 4. The minimum Gasteiger partial charge on any atom is -0.368 e. The van der Waals surface area contributed by atoms with Crippen molar-refractivity contribution in [1.82, 2.24) is 9.88 Å². The summed E-state index contributed by atoms with van der Waals surface area (Å²) in [5.41, 5.74) is 10.1. The summed E-state index contributed by atoms with van der Waals surface area (Å²) in [6.45, 7) is 4.51. The van der Waals surface area contributed by atoms with Gasteiger partial charge in [-0.3, -0.25) is 14.0 Å². The number of pyridine rings is 1. The van der Waals surface area contributed by atoms with E-state index >= 15 is 0 Å². The first-order chi connectivity index (χ1) is 15.0. The van der Waals surface area contributed by atoms with Crippen LogP contribution in [-0.4, -0.2) is 44.4 Å². The van der Waals surface area contributed by atoms with Crippen molar-refractivity contribution < 1.29 is 9.00 Å². The van der Waals surface area contributed by atoms with Crippen LogP contribution in [-0.2, 0) is 15.6 Å². The maximum atomic E-state index is 13.4. The summed E-state index contributed by atoms with van der Waals surface area (Å²) in [6, 6.07) is 19.9. The second-order valence-electron chi connectivity index (χ2n) is 7.90. The van der Waals surface area contributed by atoms with Gasteiger partial charge in [-0.25, -0.2) is 0 Å². The Morgan fingerprint density at radius 3 is 1.81 bits per heavy atom. The number of carbonyl (C=O) groups is 1. The number of primary amides is 1. The molecule has 1 saturated heterocycles. The molecule has 2 N–H and O–H groups in total. The number of benzene rings is 2. The number of hydrogen-bond donors (Lipinski definition) is 1. The summed E-state index contributed by atoms with van der Waals surface area (Å²) < 4.78 is 12.4. The van der Waals surface area contributed by atoms with Gasteiger partial charge >= 0.3 is 0 Å². The standard InChI is InChI=1S/C25H27N3O2S/c1-2-28-17-13-25(14-18-28,24(26)29)31(30)23-9-7-21(8-10-23)19-3-5-20(6-4-19)22-11-15-27-16-12-22/h3-12,15-16H,2,13-14,17-18H2,1H3,(H2,26,29). The third-order valence-electron chi connectivity index (χ3n) is 6.22. The predicted molar refractivity (Wildman–Crippen MR) is 125 cm³/mol. The van der Waals surface area contributed by atoms with E-state index in [1.165, 1.54) is 0 Å². The molecule has 4 rings (SSSR count). The van der Waals surface area contributed by atoms with Crippen LogP contribution in [0.1, 0.15) is 19.8 Å². The molecule has 1 atom stereocenters. The monoisotopic (exact) mass is 433 g/mol. The van der Waals surface area contributed by atoms with Crippen LogP contribution in [0.3, 0.4) is 0 Å². The van der Waals surface area contributed by atoms with Crippen LogP contribution in [0.5, 0.6) is 0 Å². The van der Waals surface area contributed by atoms with E-state index in [0.717, 1.165) is 41.9 Å². The van der Waals surface area contributed by atoms with E-state index in [0.29, 0.717) is 17.7 Å². The first-order valence-corrected chi connectivity index (χ1v) is 11.7. The first-order valence-electron chi connectivity index (χ1n) is 10.6. The van der Waals surface area contributed by atoms with Gasteiger partial charge in [0, 0.05) is 30.4 Å². The van der Waals surface area contributed by atoms with Gasteiger partial charge in [-0.2, -0.15) is 0 Å². The van der Waals surface area contributed by atoms with Crippen molar-refractivity contribution in [2.75, 3.05) is 19.6 Å². The first kappa shape index (κ1) is 21.4. The molecule has 2 aromatic carbocycles. The van der Waals surface area contributed by atoms with Crippen LogP contribution in [0.15, 0.2) is 78.0 Å². The van der Waals surface area contributed by atoms with Crippen molar-refractivity contribution in [3.63, 3.8) is 0 Å². The van der Waals surface area contributed by atoms with E-state index in [9.17, 15) is 9.00 Å². The molecule has 1 fully saturated rings. The zero-order valence-corrected chi connectivity index (χ0v) is 18.5. The Balaban J connectivity index is 1.53. The molecule has 1 aliphatic heterocycles. The third kappa shape index (κ3) is 4.31. The minimum atomic E-state index is -1.48. The zero-order chi connectivity index (χ0) is 21.8. The molecule has 5 nitrogen and oxygen atoms in total. The third-order valence-corrected chi connectivity index (χ3v) is 8.23. The lowest BCUT2D eigenvalue weighted by molar-refractivity contribution is -0.121. The van der Waals surface area contributed by atoms with Crippen molar-refractivity contribution in [2.45, 2.75) is 29.4 Å². The number of likely N-dealkylation sites (tertiary alicyclic amines) is 1. The highest BCUT2D eigenvalue weighted by Crippen LogP contribution is 2.33. The highest BCUT2D eigenvalue weighted by atomic mass is 32.2. The van der Waals surface area contributed by atoms with Gasteiger partial charge in [0.25, 0.3) is 0 Å². The second kappa shape index (κ2) is 9.12. The SMILES string of the molecule is CCN1CCC(C(N)=O)(S(=O)c2ccc(-c3ccc(-c4ccncc4)cc3)cc2)CC1. The molecule has 1 amide bonds. The largest absolute Gasteiger partial charge is 0.368 e. The topological polar surface area (TPSA) is 76.3 Å². The molecule has 6 heteroatoms. The van der Waals surface area contributed by atoms with Crippen molar-refractivity contribution in [3.05, 3.63) is 73.1 Å². The maximum Gasteiger partial charge on any atom is 0.236 e. The fourth-order valence-electron chi connectivity index (χ4n) is 4.15. The number of amides is 1. The lowest BCUT2D eigenvalue weighted by Gasteiger charge is -2.38. The quantitative estimate of drug-likeness (QED) is 0.640. The highest BCUT2D eigenvalue weighted by Gasteiger charge is 2.45. The number of aromatic nitrogens is 1. The van der Waals surface area contributed by atoms with E-state index in [1.807, 2.05) is 36.4 Å². The molecule has 0 radical (unpaired) electrons. The Kier molecular flexibility index (Phi) is 6.30. The molecule has 2 heterocycles. The van der Waals surface area contributed by atoms with Crippen LogP contribution in [0, 0.1) is 0 Å². The van der Waals surface area contributed by atoms with Crippen molar-refractivity contribution in [1.29, 1.82) is 0 Å². The Hall–Kier alpha value is -2.83. The van der Waals surface area contributed by atoms with E-state index in [-0.39, 0.29) is 0 Å². The van der Waals surface area contributed by atoms with Crippen molar-refractivity contribution in [3.8, 4) is 22.3 Å². The highest BCUT2D eigenvalue weighted by molar-refractivity contribution is 7.87. The molecule has 160 valence electrons. The summed E-state index contributed by atoms with van der Waals surface area (Å²) in [7, 11) is -1.48. The fourth-order valence-corrected chi connectivity index (χ4v) is 5.72. The minimum absolute atomic E-state index is 0.461. The van der Waals surface area contributed by atoms with Gasteiger partial charge in [-0.1, -0.05) is 43.3 Å². The summed E-state index contributed by atoms with van der Waals surface area (Å²) in [5.74, 6) is -0.461. The van der Waals surface area contributed by atoms with Crippen molar-refractivity contribution >= 4 is 16.7 Å². The van der Waals surface area contributed by atoms with Gasteiger partial charge in [0.1, 0.15) is 4.75 Å². The molecule has 31 heavy (non-hydrogen) atoms. The molecule has 0 aliphatic carbocycles. The lowest BCUT2D eigenvalue weighted by Crippen LogP contribution is -2.54. The fraction of sp³-hybridized carbons (Fsp3) is 0.280. The molecule has 0 saturated carbocycles. The second-order valence-corrected chi connectivity index (χ2v) is 9.69. The molecular weight excluding hydrogens is 406 g/mol.